The van der Waals surface area contributed by atoms with E-state index in [2.05, 4.69) is 4.74 Å². The number of hydrogen-bond acceptors (Lipinski definition) is 3. The van der Waals surface area contributed by atoms with Crippen LogP contribution in [0.4, 0.5) is 26.3 Å². The molecule has 0 bridgehead atoms. The van der Waals surface area contributed by atoms with Crippen molar-refractivity contribution in [2.75, 3.05) is 0 Å². The summed E-state index contributed by atoms with van der Waals surface area (Å²) in [6, 6.07) is 1.12. The van der Waals surface area contributed by atoms with Gasteiger partial charge in [0.15, 0.2) is 0 Å². The van der Waals surface area contributed by atoms with Gasteiger partial charge in [-0.1, -0.05) is 0 Å². The lowest BCUT2D eigenvalue weighted by molar-refractivity contribution is -0.340. The third-order valence-corrected chi connectivity index (χ3v) is 2.39. The van der Waals surface area contributed by atoms with Crippen LogP contribution in [0.25, 0.3) is 0 Å². The van der Waals surface area contributed by atoms with Gasteiger partial charge in [0.25, 0.3) is 0 Å². The number of aromatic carboxylic acids is 2. The molecule has 0 amide bonds. The maximum absolute atomic E-state index is 13.3. The summed E-state index contributed by atoms with van der Waals surface area (Å²) in [4.78, 5) is 21.5. The van der Waals surface area contributed by atoms with E-state index >= 15 is 0 Å². The van der Waals surface area contributed by atoms with Gasteiger partial charge in [0.1, 0.15) is 5.75 Å². The number of halogens is 6. The number of carbonyl (C=O) groups is 2. The molecule has 0 aliphatic rings. The number of carboxylic acid groups (broad SMARTS) is 2. The molecule has 122 valence electrons. The summed E-state index contributed by atoms with van der Waals surface area (Å²) in [6.45, 7) is 0. The summed E-state index contributed by atoms with van der Waals surface area (Å²) in [5, 5.41) is 17.4. The molecule has 1 atom stereocenters. The topological polar surface area (TPSA) is 83.8 Å². The Morgan fingerprint density at radius 2 is 1.50 bits per heavy atom. The van der Waals surface area contributed by atoms with Gasteiger partial charge >= 0.3 is 30.4 Å². The Balaban J connectivity index is 3.32. The molecule has 0 aromatic heterocycles. The van der Waals surface area contributed by atoms with Gasteiger partial charge in [-0.3, -0.25) is 0 Å². The lowest BCUT2D eigenvalue weighted by atomic mass is 10.1. The Morgan fingerprint density at radius 1 is 1.00 bits per heavy atom. The largest absolute Gasteiger partial charge is 0.478 e. The lowest BCUT2D eigenvalue weighted by Crippen LogP contribution is -2.52. The predicted molar refractivity (Wildman–Crippen MR) is 56.9 cm³/mol. The molecule has 0 saturated heterocycles. The lowest BCUT2D eigenvalue weighted by Gasteiger charge is -2.27. The van der Waals surface area contributed by atoms with E-state index in [1.165, 1.54) is 0 Å². The Labute approximate surface area is 117 Å². The molecule has 1 aromatic carbocycles. The van der Waals surface area contributed by atoms with Crippen LogP contribution in [0.15, 0.2) is 18.2 Å². The highest BCUT2D eigenvalue weighted by Crippen LogP contribution is 2.40. The van der Waals surface area contributed by atoms with E-state index in [0.717, 1.165) is 0 Å². The van der Waals surface area contributed by atoms with Crippen LogP contribution >= 0.6 is 0 Å². The van der Waals surface area contributed by atoms with Crippen molar-refractivity contribution < 1.29 is 50.9 Å². The van der Waals surface area contributed by atoms with Crippen LogP contribution in [-0.2, 0) is 0 Å². The van der Waals surface area contributed by atoms with Crippen LogP contribution in [-0.4, -0.2) is 40.6 Å². The molecule has 0 spiro atoms. The number of benzene rings is 1. The van der Waals surface area contributed by atoms with E-state index in [4.69, 9.17) is 10.2 Å². The zero-order chi connectivity index (χ0) is 17.3. The third kappa shape index (κ3) is 3.23. The first kappa shape index (κ1) is 17.6. The van der Waals surface area contributed by atoms with Crippen LogP contribution in [0.1, 0.15) is 20.7 Å². The number of ether oxygens (including phenoxy) is 1. The fraction of sp³-hybridized carbons (Fsp3) is 0.273. The Kier molecular flexibility index (Phi) is 4.58. The maximum Gasteiger partial charge on any atom is 0.466 e. The number of rotatable bonds is 5. The van der Waals surface area contributed by atoms with Crippen LogP contribution < -0.4 is 4.74 Å². The van der Waals surface area contributed by atoms with E-state index in [0.29, 0.717) is 12.1 Å². The van der Waals surface area contributed by atoms with Gasteiger partial charge in [-0.2, -0.15) is 17.6 Å². The van der Waals surface area contributed by atoms with Gasteiger partial charge in [0.2, 0.25) is 0 Å². The quantitative estimate of drug-likeness (QED) is 0.810. The fourth-order valence-electron chi connectivity index (χ4n) is 1.35. The molecule has 22 heavy (non-hydrogen) atoms. The first-order chi connectivity index (χ1) is 9.90. The second-order valence-electron chi connectivity index (χ2n) is 3.86. The molecular weight excluding hydrogens is 326 g/mol. The van der Waals surface area contributed by atoms with Gasteiger partial charge in [0.05, 0.1) is 11.1 Å². The molecule has 11 heteroatoms. The van der Waals surface area contributed by atoms with E-state index in [-0.39, 0.29) is 6.07 Å². The molecule has 1 unspecified atom stereocenters. The molecule has 2 N–H and O–H groups in total. The zero-order valence-corrected chi connectivity index (χ0v) is 10.2. The Bertz CT molecular complexity index is 599. The van der Waals surface area contributed by atoms with Crippen molar-refractivity contribution >= 4 is 11.9 Å². The Morgan fingerprint density at radius 3 is 1.86 bits per heavy atom. The average Bonchev–Trinajstić information content (AvgIpc) is 2.36. The van der Waals surface area contributed by atoms with Crippen molar-refractivity contribution in [1.29, 1.82) is 0 Å². The highest BCUT2D eigenvalue weighted by molar-refractivity contribution is 6.01. The van der Waals surface area contributed by atoms with Crippen molar-refractivity contribution in [3.63, 3.8) is 0 Å². The van der Waals surface area contributed by atoms with Crippen LogP contribution in [0.2, 0.25) is 0 Å². The molecule has 0 radical (unpaired) electrons. The zero-order valence-electron chi connectivity index (χ0n) is 10.2. The smallest absolute Gasteiger partial charge is 0.466 e. The van der Waals surface area contributed by atoms with Crippen LogP contribution in [0, 0.1) is 0 Å². The van der Waals surface area contributed by atoms with E-state index in [9.17, 15) is 35.9 Å². The second kappa shape index (κ2) is 5.73. The summed E-state index contributed by atoms with van der Waals surface area (Å²) >= 11 is 0. The highest BCUT2D eigenvalue weighted by Gasteiger charge is 2.66. The van der Waals surface area contributed by atoms with Crippen molar-refractivity contribution in [2.45, 2.75) is 18.5 Å². The van der Waals surface area contributed by atoms with Gasteiger partial charge in [-0.05, 0) is 18.2 Å². The molecule has 0 heterocycles. The summed E-state index contributed by atoms with van der Waals surface area (Å²) < 4.78 is 78.4. The average molecular weight is 332 g/mol. The first-order valence-electron chi connectivity index (χ1n) is 5.23. The summed E-state index contributed by atoms with van der Waals surface area (Å²) in [5.74, 6) is -10.2. The summed E-state index contributed by atoms with van der Waals surface area (Å²) in [7, 11) is 0. The van der Waals surface area contributed by atoms with Crippen LogP contribution in [0.3, 0.4) is 0 Å². The number of hydrogen-bond donors (Lipinski definition) is 2. The molecule has 1 aromatic rings. The van der Waals surface area contributed by atoms with Crippen molar-refractivity contribution in [3.05, 3.63) is 29.3 Å². The van der Waals surface area contributed by atoms with E-state index < -0.39 is 47.3 Å². The fourth-order valence-corrected chi connectivity index (χ4v) is 1.35. The van der Waals surface area contributed by atoms with E-state index in [1.54, 1.807) is 0 Å². The summed E-state index contributed by atoms with van der Waals surface area (Å²) in [5.41, 5.74) is -1.89. The minimum Gasteiger partial charge on any atom is -0.478 e. The van der Waals surface area contributed by atoms with Crippen molar-refractivity contribution in [2.24, 2.45) is 0 Å². The molecule has 5 nitrogen and oxygen atoms in total. The second-order valence-corrected chi connectivity index (χ2v) is 3.86. The maximum atomic E-state index is 13.3. The van der Waals surface area contributed by atoms with Crippen molar-refractivity contribution in [1.82, 2.24) is 0 Å². The molecule has 0 aliphatic carbocycles. The number of carboxylic acids is 2. The summed E-state index contributed by atoms with van der Waals surface area (Å²) in [6.07, 6.45) is -10.7. The number of alkyl halides is 6. The standard InChI is InChI=1S/C11H6F6O5/c12-9(13)10(14,11(15,16)17)22-4-1-2-5(7(18)19)6(3-4)8(20)21/h1-3,9H,(H,18,19)(H,20,21). The Hall–Kier alpha value is -2.46. The van der Waals surface area contributed by atoms with Gasteiger partial charge in [-0.15, -0.1) is 0 Å². The molecule has 1 rings (SSSR count). The van der Waals surface area contributed by atoms with Gasteiger partial charge in [-0.25, -0.2) is 18.4 Å². The molecule has 0 aliphatic heterocycles. The van der Waals surface area contributed by atoms with Gasteiger partial charge in [0, 0.05) is 0 Å². The minimum absolute atomic E-state index is 0.203. The van der Waals surface area contributed by atoms with Crippen molar-refractivity contribution in [3.8, 4) is 5.75 Å². The molecular formula is C11H6F6O5. The normalized spacial score (nSPS) is 14.5. The molecule has 0 saturated carbocycles. The van der Waals surface area contributed by atoms with E-state index in [1.807, 2.05) is 0 Å². The third-order valence-electron chi connectivity index (χ3n) is 2.39. The monoisotopic (exact) mass is 332 g/mol. The molecule has 0 fully saturated rings. The van der Waals surface area contributed by atoms with Gasteiger partial charge < -0.3 is 14.9 Å². The first-order valence-corrected chi connectivity index (χ1v) is 5.23. The highest BCUT2D eigenvalue weighted by atomic mass is 19.4. The predicted octanol–water partition coefficient (Wildman–Crippen LogP) is 2.96. The van der Waals surface area contributed by atoms with Crippen LogP contribution in [0.5, 0.6) is 5.75 Å². The minimum atomic E-state index is -6.10. The SMILES string of the molecule is O=C(O)c1ccc(OC(F)(C(F)F)C(F)(F)F)cc1C(=O)O.